The average Bonchev–Trinajstić information content (AvgIpc) is 2.17. The Morgan fingerprint density at radius 2 is 2.43 bits per heavy atom. The summed E-state index contributed by atoms with van der Waals surface area (Å²) in [6.07, 6.45) is 0.492. The van der Waals surface area contributed by atoms with Crippen molar-refractivity contribution in [2.24, 2.45) is 5.90 Å². The minimum absolute atomic E-state index is 0.0428. The topological polar surface area (TPSA) is 72.6 Å². The van der Waals surface area contributed by atoms with Crippen LogP contribution in [0.4, 0.5) is 0 Å². The van der Waals surface area contributed by atoms with E-state index in [1.54, 1.807) is 11.8 Å². The largest absolute Gasteiger partial charge is 0.372 e. The molecule has 2 rings (SSSR count). The highest BCUT2D eigenvalue weighted by atomic mass is 32.2. The van der Waals surface area contributed by atoms with Crippen molar-refractivity contribution in [2.75, 3.05) is 5.75 Å². The quantitative estimate of drug-likeness (QED) is 0.366. The highest BCUT2D eigenvalue weighted by Gasteiger charge is 2.48. The second kappa shape index (κ2) is 3.29. The van der Waals surface area contributed by atoms with Gasteiger partial charge in [-0.3, -0.25) is 4.79 Å². The van der Waals surface area contributed by atoms with Crippen LogP contribution in [0, 0.1) is 0 Å². The highest BCUT2D eigenvalue weighted by Crippen LogP contribution is 2.39. The SMILES string of the molecule is C=C1CS[C@H]2CC(=O)N2C1C(=O)ON. The normalized spacial score (nSPS) is 30.8. The lowest BCUT2D eigenvalue weighted by molar-refractivity contribution is -0.160. The zero-order valence-electron chi connectivity index (χ0n) is 7.43. The molecule has 2 saturated heterocycles. The molecule has 76 valence electrons. The Hall–Kier alpha value is -1.01. The first-order valence-corrected chi connectivity index (χ1v) is 5.21. The Morgan fingerprint density at radius 1 is 1.71 bits per heavy atom. The number of thioether (sulfide) groups is 1. The van der Waals surface area contributed by atoms with E-state index < -0.39 is 12.0 Å². The Morgan fingerprint density at radius 3 is 3.00 bits per heavy atom. The van der Waals surface area contributed by atoms with Crippen molar-refractivity contribution >= 4 is 23.6 Å². The second-order valence-electron chi connectivity index (χ2n) is 3.27. The summed E-state index contributed by atoms with van der Waals surface area (Å²) in [4.78, 5) is 28.2. The number of rotatable bonds is 1. The van der Waals surface area contributed by atoms with Crippen molar-refractivity contribution in [3.63, 3.8) is 0 Å². The second-order valence-corrected chi connectivity index (χ2v) is 4.43. The standard InChI is InChI=1S/C8H10N2O3S/c1-4-3-14-6-2-5(11)10(6)7(4)8(12)13-9/h6-7H,1-3,9H2/t6-,7?/m0/s1. The van der Waals surface area contributed by atoms with Gasteiger partial charge in [0.25, 0.3) is 0 Å². The lowest BCUT2D eigenvalue weighted by atomic mass is 10.0. The number of β-lactam (4-membered cyclic amide) rings is 1. The van der Waals surface area contributed by atoms with E-state index in [9.17, 15) is 9.59 Å². The smallest absolute Gasteiger partial charge is 0.351 e. The summed E-state index contributed by atoms with van der Waals surface area (Å²) >= 11 is 1.61. The summed E-state index contributed by atoms with van der Waals surface area (Å²) in [6.45, 7) is 3.75. The molecule has 6 heteroatoms. The van der Waals surface area contributed by atoms with Gasteiger partial charge in [0.1, 0.15) is 0 Å². The molecule has 0 aromatic carbocycles. The van der Waals surface area contributed by atoms with E-state index in [4.69, 9.17) is 5.90 Å². The Balaban J connectivity index is 2.21. The van der Waals surface area contributed by atoms with E-state index in [0.29, 0.717) is 17.7 Å². The maximum atomic E-state index is 11.3. The van der Waals surface area contributed by atoms with Crippen molar-refractivity contribution in [3.05, 3.63) is 12.2 Å². The van der Waals surface area contributed by atoms with E-state index in [-0.39, 0.29) is 11.3 Å². The lowest BCUT2D eigenvalue weighted by Gasteiger charge is -2.47. The highest BCUT2D eigenvalue weighted by molar-refractivity contribution is 8.00. The third-order valence-electron chi connectivity index (χ3n) is 2.41. The molecule has 0 aromatic heterocycles. The van der Waals surface area contributed by atoms with Crippen molar-refractivity contribution in [1.82, 2.24) is 4.90 Å². The van der Waals surface area contributed by atoms with Gasteiger partial charge in [0, 0.05) is 5.75 Å². The van der Waals surface area contributed by atoms with Gasteiger partial charge in [-0.1, -0.05) is 6.58 Å². The number of carbonyl (C=O) groups is 2. The summed E-state index contributed by atoms with van der Waals surface area (Å²) in [5, 5.41) is 0.0945. The molecule has 1 amide bonds. The van der Waals surface area contributed by atoms with Gasteiger partial charge in [-0.05, 0) is 5.57 Å². The third-order valence-corrected chi connectivity index (χ3v) is 3.73. The van der Waals surface area contributed by atoms with Crippen molar-refractivity contribution < 1.29 is 14.4 Å². The molecule has 2 N–H and O–H groups in total. The van der Waals surface area contributed by atoms with Crippen molar-refractivity contribution in [2.45, 2.75) is 17.8 Å². The summed E-state index contributed by atoms with van der Waals surface area (Å²) in [5.41, 5.74) is 0.676. The Labute approximate surface area is 85.2 Å². The molecule has 0 saturated carbocycles. The number of fused-ring (bicyclic) bond motifs is 1. The van der Waals surface area contributed by atoms with Crippen molar-refractivity contribution in [3.8, 4) is 0 Å². The number of nitrogens with two attached hydrogens (primary N) is 1. The molecule has 0 bridgehead atoms. The summed E-state index contributed by atoms with van der Waals surface area (Å²) in [6, 6.07) is -0.674. The Kier molecular flexibility index (Phi) is 2.24. The fourth-order valence-electron chi connectivity index (χ4n) is 1.67. The van der Waals surface area contributed by atoms with Crippen LogP contribution in [-0.2, 0) is 14.4 Å². The number of nitrogens with zero attached hydrogens (tertiary/aromatic N) is 1. The van der Waals surface area contributed by atoms with E-state index in [2.05, 4.69) is 11.4 Å². The maximum Gasteiger partial charge on any atom is 0.351 e. The first kappa shape index (κ1) is 9.54. The monoisotopic (exact) mass is 214 g/mol. The van der Waals surface area contributed by atoms with Crippen LogP contribution in [0.2, 0.25) is 0 Å². The van der Waals surface area contributed by atoms with Crippen LogP contribution in [0.25, 0.3) is 0 Å². The van der Waals surface area contributed by atoms with Crippen molar-refractivity contribution in [1.29, 1.82) is 0 Å². The lowest BCUT2D eigenvalue weighted by Crippen LogP contribution is -2.62. The summed E-state index contributed by atoms with van der Waals surface area (Å²) in [5.74, 6) is 4.84. The summed E-state index contributed by atoms with van der Waals surface area (Å²) < 4.78 is 0. The molecule has 0 spiro atoms. The number of carbonyl (C=O) groups excluding carboxylic acids is 2. The van der Waals surface area contributed by atoms with Gasteiger partial charge in [0.2, 0.25) is 5.91 Å². The molecule has 2 aliphatic heterocycles. The zero-order chi connectivity index (χ0) is 10.3. The van der Waals surface area contributed by atoms with Crippen LogP contribution in [0.1, 0.15) is 6.42 Å². The van der Waals surface area contributed by atoms with Gasteiger partial charge in [-0.15, -0.1) is 11.8 Å². The van der Waals surface area contributed by atoms with Gasteiger partial charge in [0.05, 0.1) is 11.8 Å². The van der Waals surface area contributed by atoms with E-state index in [0.717, 1.165) is 0 Å². The minimum Gasteiger partial charge on any atom is -0.372 e. The maximum absolute atomic E-state index is 11.3. The zero-order valence-corrected chi connectivity index (χ0v) is 8.25. The van der Waals surface area contributed by atoms with Crippen LogP contribution in [-0.4, -0.2) is 33.9 Å². The fourth-order valence-corrected chi connectivity index (χ4v) is 2.90. The molecule has 2 atom stereocenters. The minimum atomic E-state index is -0.674. The van der Waals surface area contributed by atoms with Crippen LogP contribution in [0.15, 0.2) is 12.2 Å². The van der Waals surface area contributed by atoms with Gasteiger partial charge in [0.15, 0.2) is 6.04 Å². The first-order valence-electron chi connectivity index (χ1n) is 4.16. The molecular weight excluding hydrogens is 204 g/mol. The molecular formula is C8H10N2O3S. The summed E-state index contributed by atoms with van der Waals surface area (Å²) in [7, 11) is 0. The Bertz CT molecular complexity index is 310. The van der Waals surface area contributed by atoms with Crippen LogP contribution >= 0.6 is 11.8 Å². The molecule has 5 nitrogen and oxygen atoms in total. The van der Waals surface area contributed by atoms with Crippen LogP contribution < -0.4 is 5.90 Å². The molecule has 1 unspecified atom stereocenters. The van der Waals surface area contributed by atoms with Gasteiger partial charge < -0.3 is 9.74 Å². The third kappa shape index (κ3) is 1.22. The predicted octanol–water partition coefficient (Wildman–Crippen LogP) is -0.367. The van der Waals surface area contributed by atoms with Gasteiger partial charge >= 0.3 is 5.97 Å². The number of hydrogen-bond donors (Lipinski definition) is 1. The molecule has 0 aromatic rings. The van der Waals surface area contributed by atoms with E-state index in [1.807, 2.05) is 0 Å². The van der Waals surface area contributed by atoms with Gasteiger partial charge in [-0.2, -0.15) is 5.90 Å². The predicted molar refractivity (Wildman–Crippen MR) is 50.9 cm³/mol. The molecule has 14 heavy (non-hydrogen) atoms. The molecule has 0 radical (unpaired) electrons. The molecule has 2 fully saturated rings. The van der Waals surface area contributed by atoms with Crippen LogP contribution in [0.3, 0.4) is 0 Å². The van der Waals surface area contributed by atoms with E-state index >= 15 is 0 Å². The fraction of sp³-hybridized carbons (Fsp3) is 0.500. The number of amides is 1. The first-order chi connectivity index (χ1) is 6.65. The molecule has 2 heterocycles. The van der Waals surface area contributed by atoms with Gasteiger partial charge in [-0.25, -0.2) is 4.79 Å². The van der Waals surface area contributed by atoms with Crippen LogP contribution in [0.5, 0.6) is 0 Å². The molecule has 2 aliphatic rings. The van der Waals surface area contributed by atoms with E-state index in [1.165, 1.54) is 4.90 Å². The number of hydrogen-bond acceptors (Lipinski definition) is 5. The average molecular weight is 214 g/mol. The molecule has 0 aliphatic carbocycles.